The van der Waals surface area contributed by atoms with Crippen molar-refractivity contribution in [3.63, 3.8) is 0 Å². The van der Waals surface area contributed by atoms with E-state index in [1.54, 1.807) is 4.90 Å². The Labute approximate surface area is 143 Å². The minimum absolute atomic E-state index is 0.0232. The molecule has 1 aliphatic heterocycles. The number of carbonyl (C=O) groups excluding carboxylic acids is 1. The third-order valence-electron chi connectivity index (χ3n) is 4.04. The first-order valence-corrected chi connectivity index (χ1v) is 8.08. The monoisotopic (exact) mass is 364 g/mol. The number of rotatable bonds is 4. The highest BCUT2D eigenvalue weighted by Gasteiger charge is 2.31. The van der Waals surface area contributed by atoms with Crippen molar-refractivity contribution in [3.8, 4) is 0 Å². The molecule has 2 rings (SSSR count). The van der Waals surface area contributed by atoms with E-state index in [1.165, 1.54) is 0 Å². The summed E-state index contributed by atoms with van der Waals surface area (Å²) in [4.78, 5) is 17.7. The van der Waals surface area contributed by atoms with E-state index >= 15 is 0 Å². The van der Waals surface area contributed by atoms with E-state index in [4.69, 9.17) is 17.3 Å². The van der Waals surface area contributed by atoms with Crippen molar-refractivity contribution in [2.24, 2.45) is 5.73 Å². The fraction of sp³-hybridized carbons (Fsp3) is 0.600. The molecule has 0 aromatic carbocycles. The first-order chi connectivity index (χ1) is 11.2. The number of nitrogens with one attached hydrogen (secondary N) is 1. The molecule has 1 saturated heterocycles. The van der Waals surface area contributed by atoms with Gasteiger partial charge in [0.1, 0.15) is 5.82 Å². The Morgan fingerprint density at radius 1 is 1.54 bits per heavy atom. The highest BCUT2D eigenvalue weighted by molar-refractivity contribution is 6.32. The van der Waals surface area contributed by atoms with Crippen LogP contribution in [0, 0.1) is 0 Å². The molecule has 1 fully saturated rings. The standard InChI is InChI=1S/C15H20ClF3N4O/c1-9-6-11(20)3-5-23(9)13(24)2-4-21-14-12(16)7-10(8-22-14)15(17,18)19/h7-9,11H,2-6,20H2,1H3,(H,21,22)/t9-,11+/m0/s1. The molecule has 3 N–H and O–H groups in total. The number of hydrogen-bond donors (Lipinski definition) is 2. The highest BCUT2D eigenvalue weighted by Crippen LogP contribution is 2.32. The zero-order valence-electron chi connectivity index (χ0n) is 13.2. The molecule has 2 atom stereocenters. The molecule has 0 radical (unpaired) electrons. The number of carbonyl (C=O) groups is 1. The quantitative estimate of drug-likeness (QED) is 0.861. The van der Waals surface area contributed by atoms with Gasteiger partial charge in [-0.2, -0.15) is 13.2 Å². The Kier molecular flexibility index (Phi) is 5.92. The average Bonchev–Trinajstić information content (AvgIpc) is 2.47. The van der Waals surface area contributed by atoms with E-state index in [-0.39, 0.29) is 41.8 Å². The lowest BCUT2D eigenvalue weighted by molar-refractivity contribution is -0.138. The van der Waals surface area contributed by atoms with Crippen molar-refractivity contribution in [1.82, 2.24) is 9.88 Å². The number of alkyl halides is 3. The first kappa shape index (κ1) is 18.8. The van der Waals surface area contributed by atoms with Crippen LogP contribution >= 0.6 is 11.6 Å². The molecule has 1 aliphatic rings. The van der Waals surface area contributed by atoms with E-state index in [0.29, 0.717) is 12.7 Å². The SMILES string of the molecule is C[C@H]1C[C@H](N)CCN1C(=O)CCNc1ncc(C(F)(F)F)cc1Cl. The van der Waals surface area contributed by atoms with Crippen LogP contribution in [0.2, 0.25) is 5.02 Å². The maximum absolute atomic E-state index is 12.5. The maximum Gasteiger partial charge on any atom is 0.417 e. The third kappa shape index (κ3) is 4.73. The lowest BCUT2D eigenvalue weighted by atomic mass is 9.99. The number of nitrogens with two attached hydrogens (primary N) is 1. The number of aromatic nitrogens is 1. The van der Waals surface area contributed by atoms with Crippen LogP contribution in [0.1, 0.15) is 31.7 Å². The van der Waals surface area contributed by atoms with E-state index in [1.807, 2.05) is 6.92 Å². The smallest absolute Gasteiger partial charge is 0.368 e. The predicted molar refractivity (Wildman–Crippen MR) is 85.7 cm³/mol. The van der Waals surface area contributed by atoms with Crippen LogP contribution in [0.15, 0.2) is 12.3 Å². The van der Waals surface area contributed by atoms with E-state index in [2.05, 4.69) is 10.3 Å². The van der Waals surface area contributed by atoms with Gasteiger partial charge in [0.25, 0.3) is 0 Å². The van der Waals surface area contributed by atoms with E-state index in [0.717, 1.165) is 18.9 Å². The van der Waals surface area contributed by atoms with Gasteiger partial charge in [-0.3, -0.25) is 4.79 Å². The van der Waals surface area contributed by atoms with Crippen LogP contribution in [0.4, 0.5) is 19.0 Å². The van der Waals surface area contributed by atoms with Crippen molar-refractivity contribution in [3.05, 3.63) is 22.8 Å². The summed E-state index contributed by atoms with van der Waals surface area (Å²) in [6.45, 7) is 2.82. The van der Waals surface area contributed by atoms with Crippen molar-refractivity contribution in [2.45, 2.75) is 44.4 Å². The molecule has 0 aliphatic carbocycles. The predicted octanol–water partition coefficient (Wildman–Crippen LogP) is 2.89. The van der Waals surface area contributed by atoms with Crippen LogP contribution in [0.5, 0.6) is 0 Å². The number of halogens is 4. The zero-order chi connectivity index (χ0) is 17.9. The Bertz CT molecular complexity index is 597. The highest BCUT2D eigenvalue weighted by atomic mass is 35.5. The zero-order valence-corrected chi connectivity index (χ0v) is 14.0. The number of pyridine rings is 1. The molecule has 0 saturated carbocycles. The Hall–Kier alpha value is -1.54. The minimum atomic E-state index is -4.49. The molecule has 5 nitrogen and oxygen atoms in total. The van der Waals surface area contributed by atoms with Gasteiger partial charge in [0, 0.05) is 37.8 Å². The lowest BCUT2D eigenvalue weighted by Gasteiger charge is -2.36. The van der Waals surface area contributed by atoms with Crippen molar-refractivity contribution < 1.29 is 18.0 Å². The van der Waals surface area contributed by atoms with Gasteiger partial charge in [0.2, 0.25) is 5.91 Å². The fourth-order valence-corrected chi connectivity index (χ4v) is 2.97. The van der Waals surface area contributed by atoms with Crippen LogP contribution < -0.4 is 11.1 Å². The van der Waals surface area contributed by atoms with Gasteiger partial charge >= 0.3 is 6.18 Å². The second-order valence-corrected chi connectivity index (χ2v) is 6.36. The minimum Gasteiger partial charge on any atom is -0.368 e. The fourth-order valence-electron chi connectivity index (χ4n) is 2.73. The molecule has 0 bridgehead atoms. The number of nitrogens with zero attached hydrogens (tertiary/aromatic N) is 2. The Morgan fingerprint density at radius 2 is 2.25 bits per heavy atom. The van der Waals surface area contributed by atoms with Gasteiger partial charge in [-0.05, 0) is 25.8 Å². The first-order valence-electron chi connectivity index (χ1n) is 7.70. The van der Waals surface area contributed by atoms with Crippen molar-refractivity contribution in [2.75, 3.05) is 18.4 Å². The van der Waals surface area contributed by atoms with Gasteiger partial charge in [-0.15, -0.1) is 0 Å². The molecule has 1 amide bonds. The van der Waals surface area contributed by atoms with E-state index in [9.17, 15) is 18.0 Å². The maximum atomic E-state index is 12.5. The van der Waals surface area contributed by atoms with Crippen molar-refractivity contribution >= 4 is 23.3 Å². The molecule has 9 heteroatoms. The molecule has 1 aromatic heterocycles. The topological polar surface area (TPSA) is 71.2 Å². The molecular formula is C15H20ClF3N4O. The molecule has 24 heavy (non-hydrogen) atoms. The summed E-state index contributed by atoms with van der Waals surface area (Å²) in [6, 6.07) is 1.03. The second-order valence-electron chi connectivity index (χ2n) is 5.95. The summed E-state index contributed by atoms with van der Waals surface area (Å²) in [7, 11) is 0. The summed E-state index contributed by atoms with van der Waals surface area (Å²) in [5, 5.41) is 2.67. The van der Waals surface area contributed by atoms with Gasteiger partial charge in [0.15, 0.2) is 0 Å². The van der Waals surface area contributed by atoms with Crippen LogP contribution in [0.3, 0.4) is 0 Å². The average molecular weight is 365 g/mol. The molecule has 0 spiro atoms. The number of hydrogen-bond acceptors (Lipinski definition) is 4. The number of amides is 1. The van der Waals surface area contributed by atoms with Crippen molar-refractivity contribution in [1.29, 1.82) is 0 Å². The summed E-state index contributed by atoms with van der Waals surface area (Å²) in [5.74, 6) is 0.108. The van der Waals surface area contributed by atoms with E-state index < -0.39 is 11.7 Å². The van der Waals surface area contributed by atoms with Crippen LogP contribution in [0.25, 0.3) is 0 Å². The third-order valence-corrected chi connectivity index (χ3v) is 4.32. The lowest BCUT2D eigenvalue weighted by Crippen LogP contribution is -2.48. The summed E-state index contributed by atoms with van der Waals surface area (Å²) >= 11 is 5.80. The molecular weight excluding hydrogens is 345 g/mol. The molecule has 1 aromatic rings. The molecule has 2 heterocycles. The molecule has 0 unspecified atom stereocenters. The van der Waals surface area contributed by atoms with Crippen LogP contribution in [-0.2, 0) is 11.0 Å². The number of anilines is 1. The van der Waals surface area contributed by atoms with Gasteiger partial charge in [0.05, 0.1) is 10.6 Å². The summed E-state index contributed by atoms with van der Waals surface area (Å²) < 4.78 is 37.6. The van der Waals surface area contributed by atoms with Gasteiger partial charge in [-0.1, -0.05) is 11.6 Å². The number of likely N-dealkylation sites (tertiary alicyclic amines) is 1. The number of piperidine rings is 1. The van der Waals surface area contributed by atoms with Gasteiger partial charge < -0.3 is 16.0 Å². The van der Waals surface area contributed by atoms with Crippen LogP contribution in [-0.4, -0.2) is 41.0 Å². The Morgan fingerprint density at radius 3 is 2.83 bits per heavy atom. The molecule has 134 valence electrons. The second kappa shape index (κ2) is 7.57. The largest absolute Gasteiger partial charge is 0.417 e. The normalized spacial score (nSPS) is 21.7. The summed E-state index contributed by atoms with van der Waals surface area (Å²) in [6.07, 6.45) is -2.03. The summed E-state index contributed by atoms with van der Waals surface area (Å²) in [5.41, 5.74) is 4.96. The Balaban J connectivity index is 1.87. The van der Waals surface area contributed by atoms with Gasteiger partial charge in [-0.25, -0.2) is 4.98 Å².